The summed E-state index contributed by atoms with van der Waals surface area (Å²) in [5, 5.41) is 9.25. The topological polar surface area (TPSA) is 76.0 Å². The first-order valence-corrected chi connectivity index (χ1v) is 5.14. The molecule has 2 N–H and O–H groups in total. The molecule has 0 saturated carbocycles. The van der Waals surface area contributed by atoms with E-state index in [1.165, 1.54) is 17.8 Å². The van der Waals surface area contributed by atoms with Gasteiger partial charge in [0.2, 0.25) is 5.91 Å². The van der Waals surface area contributed by atoms with E-state index in [4.69, 9.17) is 0 Å². The fraction of sp³-hybridized carbons (Fsp3) is 0.500. The van der Waals surface area contributed by atoms with Crippen LogP contribution in [0.5, 0.6) is 0 Å². The van der Waals surface area contributed by atoms with Crippen LogP contribution in [0.15, 0.2) is 6.20 Å². The highest BCUT2D eigenvalue weighted by Gasteiger charge is 2.16. The number of aryl methyl sites for hydroxylation is 1. The number of carbonyl (C=O) groups is 2. The largest absolute Gasteiger partial charge is 0.352 e. The summed E-state index contributed by atoms with van der Waals surface area (Å²) < 4.78 is 1.46. The monoisotopic (exact) mass is 224 g/mol. The van der Waals surface area contributed by atoms with Crippen LogP contribution in [0.25, 0.3) is 0 Å². The van der Waals surface area contributed by atoms with Crippen LogP contribution in [0.3, 0.4) is 0 Å². The molecule has 0 bridgehead atoms. The molecule has 0 radical (unpaired) electrons. The van der Waals surface area contributed by atoms with Gasteiger partial charge in [-0.3, -0.25) is 14.3 Å². The van der Waals surface area contributed by atoms with Crippen molar-refractivity contribution in [3.63, 3.8) is 0 Å². The molecule has 2 amide bonds. The normalized spacial score (nSPS) is 9.94. The lowest BCUT2D eigenvalue weighted by atomic mass is 10.3. The zero-order valence-electron chi connectivity index (χ0n) is 9.70. The molecule has 6 nitrogen and oxygen atoms in total. The zero-order valence-corrected chi connectivity index (χ0v) is 9.70. The van der Waals surface area contributed by atoms with Crippen LogP contribution in [0.1, 0.15) is 30.6 Å². The van der Waals surface area contributed by atoms with E-state index >= 15 is 0 Å². The van der Waals surface area contributed by atoms with Crippen molar-refractivity contribution in [3.8, 4) is 0 Å². The van der Waals surface area contributed by atoms with Gasteiger partial charge in [0, 0.05) is 20.5 Å². The third kappa shape index (κ3) is 2.82. The number of rotatable bonds is 4. The Bertz CT molecular complexity index is 398. The molecule has 1 aromatic heterocycles. The lowest BCUT2D eigenvalue weighted by Crippen LogP contribution is -2.25. The van der Waals surface area contributed by atoms with Gasteiger partial charge in [0.25, 0.3) is 5.91 Å². The van der Waals surface area contributed by atoms with Gasteiger partial charge in [-0.2, -0.15) is 5.10 Å². The van der Waals surface area contributed by atoms with Gasteiger partial charge in [0.15, 0.2) is 0 Å². The maximum absolute atomic E-state index is 11.7. The number of aromatic nitrogens is 2. The molecule has 0 aliphatic rings. The predicted octanol–water partition coefficient (Wildman–Crippen LogP) is 0.518. The van der Waals surface area contributed by atoms with E-state index in [-0.39, 0.29) is 11.8 Å². The van der Waals surface area contributed by atoms with E-state index in [2.05, 4.69) is 15.7 Å². The summed E-state index contributed by atoms with van der Waals surface area (Å²) in [5.74, 6) is -0.0343. The molecule has 1 rings (SSSR count). The average molecular weight is 224 g/mol. The third-order valence-electron chi connectivity index (χ3n) is 2.01. The quantitative estimate of drug-likeness (QED) is 0.782. The van der Waals surface area contributed by atoms with Crippen LogP contribution < -0.4 is 10.6 Å². The first-order valence-electron chi connectivity index (χ1n) is 5.14. The SMILES string of the molecule is CCCNC(=O)c1cnn(C)c1NC(C)=O. The first kappa shape index (κ1) is 12.2. The van der Waals surface area contributed by atoms with Gasteiger partial charge in [0.05, 0.1) is 6.20 Å². The Morgan fingerprint density at radius 2 is 2.19 bits per heavy atom. The highest BCUT2D eigenvalue weighted by Crippen LogP contribution is 2.13. The summed E-state index contributed by atoms with van der Waals surface area (Å²) in [5.41, 5.74) is 0.381. The Balaban J connectivity index is 2.87. The van der Waals surface area contributed by atoms with Crippen molar-refractivity contribution in [1.29, 1.82) is 0 Å². The fourth-order valence-electron chi connectivity index (χ4n) is 1.25. The number of hydrogen-bond donors (Lipinski definition) is 2. The van der Waals surface area contributed by atoms with E-state index in [1.807, 2.05) is 6.92 Å². The van der Waals surface area contributed by atoms with Crippen molar-refractivity contribution in [2.24, 2.45) is 7.05 Å². The smallest absolute Gasteiger partial charge is 0.256 e. The van der Waals surface area contributed by atoms with Crippen LogP contribution in [0.4, 0.5) is 5.82 Å². The number of nitrogens with zero attached hydrogens (tertiary/aromatic N) is 2. The van der Waals surface area contributed by atoms with Crippen LogP contribution >= 0.6 is 0 Å². The number of hydrogen-bond acceptors (Lipinski definition) is 3. The van der Waals surface area contributed by atoms with Crippen molar-refractivity contribution < 1.29 is 9.59 Å². The lowest BCUT2D eigenvalue weighted by Gasteiger charge is -2.06. The first-order chi connectivity index (χ1) is 7.56. The second-order valence-corrected chi connectivity index (χ2v) is 3.47. The molecule has 16 heavy (non-hydrogen) atoms. The van der Waals surface area contributed by atoms with E-state index in [1.54, 1.807) is 7.05 Å². The van der Waals surface area contributed by atoms with Crippen molar-refractivity contribution in [2.75, 3.05) is 11.9 Å². The predicted molar refractivity (Wildman–Crippen MR) is 60.1 cm³/mol. The summed E-state index contributed by atoms with van der Waals surface area (Å²) in [4.78, 5) is 22.7. The van der Waals surface area contributed by atoms with Gasteiger partial charge in [-0.15, -0.1) is 0 Å². The van der Waals surface area contributed by atoms with E-state index in [9.17, 15) is 9.59 Å². The van der Waals surface area contributed by atoms with Crippen LogP contribution in [-0.2, 0) is 11.8 Å². The Hall–Kier alpha value is -1.85. The van der Waals surface area contributed by atoms with Crippen molar-refractivity contribution in [2.45, 2.75) is 20.3 Å². The van der Waals surface area contributed by atoms with E-state index in [0.717, 1.165) is 6.42 Å². The molecule has 0 spiro atoms. The van der Waals surface area contributed by atoms with Gasteiger partial charge >= 0.3 is 0 Å². The maximum atomic E-state index is 11.7. The minimum absolute atomic E-state index is 0.223. The molecule has 1 aromatic rings. The van der Waals surface area contributed by atoms with E-state index in [0.29, 0.717) is 17.9 Å². The Morgan fingerprint density at radius 3 is 2.75 bits per heavy atom. The summed E-state index contributed by atoms with van der Waals surface area (Å²) >= 11 is 0. The highest BCUT2D eigenvalue weighted by atomic mass is 16.2. The summed E-state index contributed by atoms with van der Waals surface area (Å²) in [6, 6.07) is 0. The van der Waals surface area contributed by atoms with Crippen LogP contribution in [-0.4, -0.2) is 28.1 Å². The van der Waals surface area contributed by atoms with Gasteiger partial charge in [-0.1, -0.05) is 6.92 Å². The molecular weight excluding hydrogens is 208 g/mol. The molecule has 0 atom stereocenters. The van der Waals surface area contributed by atoms with Gasteiger partial charge < -0.3 is 10.6 Å². The molecular formula is C10H16N4O2. The number of carbonyl (C=O) groups excluding carboxylic acids is 2. The standard InChI is InChI=1S/C10H16N4O2/c1-4-5-11-10(16)8-6-12-14(3)9(8)13-7(2)15/h6H,4-5H2,1-3H3,(H,11,16)(H,13,15). The van der Waals surface area contributed by atoms with Crippen LogP contribution in [0, 0.1) is 0 Å². The van der Waals surface area contributed by atoms with Gasteiger partial charge in [0.1, 0.15) is 11.4 Å². The Morgan fingerprint density at radius 1 is 1.50 bits per heavy atom. The minimum atomic E-state index is -0.229. The summed E-state index contributed by atoms with van der Waals surface area (Å²) in [6.45, 7) is 3.96. The average Bonchev–Trinajstić information content (AvgIpc) is 2.56. The molecule has 0 aliphatic carbocycles. The van der Waals surface area contributed by atoms with Crippen LogP contribution in [0.2, 0.25) is 0 Å². The fourth-order valence-corrected chi connectivity index (χ4v) is 1.25. The second-order valence-electron chi connectivity index (χ2n) is 3.47. The third-order valence-corrected chi connectivity index (χ3v) is 2.01. The lowest BCUT2D eigenvalue weighted by molar-refractivity contribution is -0.114. The minimum Gasteiger partial charge on any atom is -0.352 e. The van der Waals surface area contributed by atoms with Gasteiger partial charge in [-0.25, -0.2) is 0 Å². The number of amides is 2. The number of nitrogens with one attached hydrogen (secondary N) is 2. The Labute approximate surface area is 94.0 Å². The molecule has 0 aromatic carbocycles. The highest BCUT2D eigenvalue weighted by molar-refractivity contribution is 6.02. The molecule has 0 fully saturated rings. The molecule has 1 heterocycles. The molecule has 6 heteroatoms. The molecule has 0 saturated heterocycles. The zero-order chi connectivity index (χ0) is 12.1. The van der Waals surface area contributed by atoms with Gasteiger partial charge in [-0.05, 0) is 6.42 Å². The number of anilines is 1. The molecule has 0 aliphatic heterocycles. The summed E-state index contributed by atoms with van der Waals surface area (Å²) in [6.07, 6.45) is 2.30. The maximum Gasteiger partial charge on any atom is 0.256 e. The van der Waals surface area contributed by atoms with E-state index < -0.39 is 0 Å². The van der Waals surface area contributed by atoms with Crippen molar-refractivity contribution in [1.82, 2.24) is 15.1 Å². The Kier molecular flexibility index (Phi) is 4.04. The molecule has 88 valence electrons. The molecule has 0 unspecified atom stereocenters. The second kappa shape index (κ2) is 5.29. The van der Waals surface area contributed by atoms with Crippen molar-refractivity contribution in [3.05, 3.63) is 11.8 Å². The summed E-state index contributed by atoms with van der Waals surface area (Å²) in [7, 11) is 1.67. The van der Waals surface area contributed by atoms with Crippen molar-refractivity contribution >= 4 is 17.6 Å².